The SMILES string of the molecule is CCNCC(CC(=O)O)N(CC)CC(=O)O. The summed E-state index contributed by atoms with van der Waals surface area (Å²) in [7, 11) is 0. The van der Waals surface area contributed by atoms with Crippen LogP contribution in [0.15, 0.2) is 0 Å². The van der Waals surface area contributed by atoms with Crippen molar-refractivity contribution < 1.29 is 19.8 Å². The smallest absolute Gasteiger partial charge is 0.317 e. The van der Waals surface area contributed by atoms with Gasteiger partial charge in [0.05, 0.1) is 13.0 Å². The molecule has 0 aliphatic carbocycles. The lowest BCUT2D eigenvalue weighted by Gasteiger charge is -2.28. The molecule has 0 aliphatic rings. The fourth-order valence-electron chi connectivity index (χ4n) is 1.52. The summed E-state index contributed by atoms with van der Waals surface area (Å²) in [5.41, 5.74) is 0. The number of nitrogens with zero attached hydrogens (tertiary/aromatic N) is 1. The molecule has 1 unspecified atom stereocenters. The summed E-state index contributed by atoms with van der Waals surface area (Å²) in [6.45, 7) is 5.37. The van der Waals surface area contributed by atoms with Crippen LogP contribution in [0.4, 0.5) is 0 Å². The van der Waals surface area contributed by atoms with Crippen molar-refractivity contribution in [3.05, 3.63) is 0 Å². The van der Waals surface area contributed by atoms with E-state index in [0.717, 1.165) is 6.54 Å². The Morgan fingerprint density at radius 3 is 2.25 bits per heavy atom. The largest absolute Gasteiger partial charge is 0.481 e. The van der Waals surface area contributed by atoms with E-state index >= 15 is 0 Å². The van der Waals surface area contributed by atoms with Crippen molar-refractivity contribution >= 4 is 11.9 Å². The summed E-state index contributed by atoms with van der Waals surface area (Å²) in [6, 6.07) is -0.279. The Labute approximate surface area is 95.2 Å². The third kappa shape index (κ3) is 6.36. The lowest BCUT2D eigenvalue weighted by Crippen LogP contribution is -2.45. The van der Waals surface area contributed by atoms with Crippen molar-refractivity contribution in [2.24, 2.45) is 0 Å². The van der Waals surface area contributed by atoms with Gasteiger partial charge in [-0.15, -0.1) is 0 Å². The summed E-state index contributed by atoms with van der Waals surface area (Å²) in [4.78, 5) is 23.0. The first-order chi connectivity index (χ1) is 7.51. The first kappa shape index (κ1) is 14.9. The van der Waals surface area contributed by atoms with E-state index in [1.54, 1.807) is 4.90 Å². The average molecular weight is 232 g/mol. The molecule has 0 bridgehead atoms. The number of hydrogen-bond donors (Lipinski definition) is 3. The van der Waals surface area contributed by atoms with Crippen LogP contribution in [0.1, 0.15) is 20.3 Å². The van der Waals surface area contributed by atoms with Crippen molar-refractivity contribution in [2.75, 3.05) is 26.2 Å². The van der Waals surface area contributed by atoms with Crippen LogP contribution in [-0.4, -0.2) is 59.3 Å². The predicted molar refractivity (Wildman–Crippen MR) is 59.5 cm³/mol. The average Bonchev–Trinajstić information content (AvgIpc) is 2.20. The third-order valence-electron chi connectivity index (χ3n) is 2.30. The minimum absolute atomic E-state index is 0.0475. The molecule has 16 heavy (non-hydrogen) atoms. The number of carbonyl (C=O) groups is 2. The lowest BCUT2D eigenvalue weighted by molar-refractivity contribution is -0.142. The van der Waals surface area contributed by atoms with Crippen LogP contribution < -0.4 is 5.32 Å². The molecule has 0 aromatic carbocycles. The fraction of sp³-hybridized carbons (Fsp3) is 0.800. The molecule has 94 valence electrons. The quantitative estimate of drug-likeness (QED) is 0.512. The van der Waals surface area contributed by atoms with Gasteiger partial charge < -0.3 is 15.5 Å². The van der Waals surface area contributed by atoms with E-state index in [4.69, 9.17) is 10.2 Å². The predicted octanol–water partition coefficient (Wildman–Crippen LogP) is -0.154. The van der Waals surface area contributed by atoms with E-state index in [-0.39, 0.29) is 19.0 Å². The van der Waals surface area contributed by atoms with Gasteiger partial charge in [0.1, 0.15) is 0 Å². The van der Waals surface area contributed by atoms with Gasteiger partial charge >= 0.3 is 11.9 Å². The molecule has 6 nitrogen and oxygen atoms in total. The summed E-state index contributed by atoms with van der Waals surface area (Å²) in [6.07, 6.45) is -0.0475. The molecule has 0 aliphatic heterocycles. The van der Waals surface area contributed by atoms with Crippen molar-refractivity contribution in [1.29, 1.82) is 0 Å². The number of rotatable bonds is 9. The van der Waals surface area contributed by atoms with Crippen molar-refractivity contribution in [1.82, 2.24) is 10.2 Å². The molecular weight excluding hydrogens is 212 g/mol. The molecule has 0 rings (SSSR count). The molecule has 6 heteroatoms. The number of hydrogen-bond acceptors (Lipinski definition) is 4. The van der Waals surface area contributed by atoms with E-state index in [0.29, 0.717) is 13.1 Å². The minimum Gasteiger partial charge on any atom is -0.481 e. The Balaban J connectivity index is 4.41. The van der Waals surface area contributed by atoms with Crippen LogP contribution >= 0.6 is 0 Å². The van der Waals surface area contributed by atoms with Gasteiger partial charge in [0.15, 0.2) is 0 Å². The Hall–Kier alpha value is -1.14. The van der Waals surface area contributed by atoms with Gasteiger partial charge in [0.2, 0.25) is 0 Å². The van der Waals surface area contributed by atoms with Crippen LogP contribution in [0.25, 0.3) is 0 Å². The van der Waals surface area contributed by atoms with Crippen LogP contribution in [0, 0.1) is 0 Å². The highest BCUT2D eigenvalue weighted by atomic mass is 16.4. The summed E-state index contributed by atoms with van der Waals surface area (Å²) in [5.74, 6) is -1.85. The van der Waals surface area contributed by atoms with E-state index in [1.165, 1.54) is 0 Å². The van der Waals surface area contributed by atoms with E-state index < -0.39 is 11.9 Å². The maximum atomic E-state index is 10.7. The molecule has 0 radical (unpaired) electrons. The molecule has 0 amide bonds. The highest BCUT2D eigenvalue weighted by Gasteiger charge is 2.21. The fourth-order valence-corrected chi connectivity index (χ4v) is 1.52. The normalized spacial score (nSPS) is 12.7. The number of carboxylic acids is 2. The Bertz CT molecular complexity index is 233. The first-order valence-corrected chi connectivity index (χ1v) is 5.39. The second-order valence-corrected chi connectivity index (χ2v) is 3.52. The summed E-state index contributed by atoms with van der Waals surface area (Å²) in [5, 5.41) is 20.5. The molecular formula is C10H20N2O4. The number of likely N-dealkylation sites (N-methyl/N-ethyl adjacent to an activating group) is 2. The van der Waals surface area contributed by atoms with Gasteiger partial charge in [-0.2, -0.15) is 0 Å². The van der Waals surface area contributed by atoms with Gasteiger partial charge in [-0.1, -0.05) is 13.8 Å². The number of aliphatic carboxylic acids is 2. The molecule has 3 N–H and O–H groups in total. The van der Waals surface area contributed by atoms with Crippen LogP contribution in [0.5, 0.6) is 0 Å². The van der Waals surface area contributed by atoms with E-state index in [1.807, 2.05) is 13.8 Å². The Morgan fingerprint density at radius 1 is 1.25 bits per heavy atom. The van der Waals surface area contributed by atoms with Crippen LogP contribution in [0.2, 0.25) is 0 Å². The minimum atomic E-state index is -0.936. The molecule has 1 atom stereocenters. The second-order valence-electron chi connectivity index (χ2n) is 3.52. The van der Waals surface area contributed by atoms with Crippen molar-refractivity contribution in [3.8, 4) is 0 Å². The zero-order valence-corrected chi connectivity index (χ0v) is 9.77. The standard InChI is InChI=1S/C10H20N2O4/c1-3-11-6-8(5-9(13)14)12(4-2)7-10(15)16/h8,11H,3-7H2,1-2H3,(H,13,14)(H,15,16). The van der Waals surface area contributed by atoms with Crippen LogP contribution in [0.3, 0.4) is 0 Å². The van der Waals surface area contributed by atoms with E-state index in [2.05, 4.69) is 5.32 Å². The zero-order valence-electron chi connectivity index (χ0n) is 9.77. The number of carboxylic acid groups (broad SMARTS) is 2. The van der Waals surface area contributed by atoms with E-state index in [9.17, 15) is 9.59 Å². The van der Waals surface area contributed by atoms with Gasteiger partial charge in [-0.05, 0) is 13.1 Å². The molecule has 0 heterocycles. The maximum absolute atomic E-state index is 10.7. The Morgan fingerprint density at radius 2 is 1.88 bits per heavy atom. The maximum Gasteiger partial charge on any atom is 0.317 e. The van der Waals surface area contributed by atoms with Crippen molar-refractivity contribution in [2.45, 2.75) is 26.3 Å². The molecule has 0 spiro atoms. The lowest BCUT2D eigenvalue weighted by atomic mass is 10.1. The molecule has 0 fully saturated rings. The second kappa shape index (κ2) is 8.06. The highest BCUT2D eigenvalue weighted by Crippen LogP contribution is 2.03. The van der Waals surface area contributed by atoms with Crippen LogP contribution in [-0.2, 0) is 9.59 Å². The molecule has 0 saturated carbocycles. The highest BCUT2D eigenvalue weighted by molar-refractivity contribution is 5.70. The molecule has 0 aromatic heterocycles. The molecule has 0 saturated heterocycles. The van der Waals surface area contributed by atoms with Gasteiger partial charge in [-0.3, -0.25) is 14.5 Å². The topological polar surface area (TPSA) is 89.9 Å². The third-order valence-corrected chi connectivity index (χ3v) is 2.30. The van der Waals surface area contributed by atoms with Crippen molar-refractivity contribution in [3.63, 3.8) is 0 Å². The van der Waals surface area contributed by atoms with Gasteiger partial charge in [0.25, 0.3) is 0 Å². The zero-order chi connectivity index (χ0) is 12.6. The monoisotopic (exact) mass is 232 g/mol. The Kier molecular flexibility index (Phi) is 7.49. The van der Waals surface area contributed by atoms with Gasteiger partial charge in [-0.25, -0.2) is 0 Å². The number of nitrogens with one attached hydrogen (secondary N) is 1. The molecule has 0 aromatic rings. The summed E-state index contributed by atoms with van der Waals surface area (Å²) >= 11 is 0. The van der Waals surface area contributed by atoms with Gasteiger partial charge in [0, 0.05) is 12.6 Å². The summed E-state index contributed by atoms with van der Waals surface area (Å²) < 4.78 is 0. The first-order valence-electron chi connectivity index (χ1n) is 5.39.